The average molecular weight is 937 g/mol. The van der Waals surface area contributed by atoms with E-state index in [2.05, 4.69) is 51.6 Å². The zero-order valence-corrected chi connectivity index (χ0v) is 42.1. The van der Waals surface area contributed by atoms with Crippen LogP contribution in [-0.2, 0) is 20.9 Å². The summed E-state index contributed by atoms with van der Waals surface area (Å²) in [6.45, 7) is 17.0. The molecule has 2 aliphatic carbocycles. The molecule has 2 N–H and O–H groups in total. The molecule has 6 atom stereocenters. The molecule has 0 aromatic heterocycles. The fourth-order valence-electron chi connectivity index (χ4n) is 10.7. The number of carbonyl (C=O) groups excluding carboxylic acids is 1. The van der Waals surface area contributed by atoms with E-state index < -0.39 is 23.3 Å². The Hall–Kier alpha value is -4.51. The smallest absolute Gasteiger partial charge is 0.239 e. The number of allylic oxidation sites excluding steroid dienone is 1. The van der Waals surface area contributed by atoms with E-state index in [-0.39, 0.29) is 62.3 Å². The highest BCUT2D eigenvalue weighted by Crippen LogP contribution is 2.62. The van der Waals surface area contributed by atoms with Crippen LogP contribution in [0.1, 0.15) is 165 Å². The average Bonchev–Trinajstić information content (AvgIpc) is 3.31. The maximum Gasteiger partial charge on any atom is 0.239 e. The lowest BCUT2D eigenvalue weighted by atomic mass is 9.55. The van der Waals surface area contributed by atoms with Crippen molar-refractivity contribution in [1.29, 1.82) is 0 Å². The second-order valence-corrected chi connectivity index (χ2v) is 20.6. The summed E-state index contributed by atoms with van der Waals surface area (Å²) in [5, 5.41) is 25.1. The standard InChI is InChI=1S/C58H81FN2O7/c1-8-10-11-12-13-14-15-16-17-24-54(64)61(40-43-26-28-45(59)29-27-43)53-39-51(60-68-57(5,6)7)49-37-44(22-18-20-33-62)48(23-19-21-34-63)55-50-38-47(66-46-30-25-41(3)42(4)36-46)31-32-52(50)67-58(53,56(49)55)65-35-9-2/h9,25-32,36-38,44,48,53,55-56,62-63H,2,8,10-24,33-35,39-40H2,1,3-7H3. The molecule has 1 heterocycles. The summed E-state index contributed by atoms with van der Waals surface area (Å²) in [5.74, 6) is -0.194. The van der Waals surface area contributed by atoms with Gasteiger partial charge in [0.15, 0.2) is 0 Å². The summed E-state index contributed by atoms with van der Waals surface area (Å²) in [6.07, 6.45) is 19.6. The van der Waals surface area contributed by atoms with Crippen molar-refractivity contribution in [2.24, 2.45) is 22.9 Å². The zero-order valence-electron chi connectivity index (χ0n) is 42.1. The second-order valence-electron chi connectivity index (χ2n) is 20.6. The minimum Gasteiger partial charge on any atom is -0.459 e. The number of aryl methyl sites for hydroxylation is 2. The molecular formula is C58H81FN2O7. The van der Waals surface area contributed by atoms with Crippen LogP contribution in [0.25, 0.3) is 0 Å². The van der Waals surface area contributed by atoms with Gasteiger partial charge in [0.2, 0.25) is 11.7 Å². The van der Waals surface area contributed by atoms with Crippen molar-refractivity contribution >= 4 is 11.6 Å². The van der Waals surface area contributed by atoms with E-state index in [4.69, 9.17) is 24.2 Å². The van der Waals surface area contributed by atoms with Crippen molar-refractivity contribution < 1.29 is 38.4 Å². The van der Waals surface area contributed by atoms with E-state index in [1.165, 1.54) is 49.8 Å². The normalized spacial score (nSPS) is 22.5. The van der Waals surface area contributed by atoms with Crippen LogP contribution in [-0.4, -0.2) is 64.0 Å². The number of aliphatic hydroxyl groups is 2. The lowest BCUT2D eigenvalue weighted by molar-refractivity contribution is -0.258. The Balaban J connectivity index is 1.53. The van der Waals surface area contributed by atoms with Gasteiger partial charge in [-0.2, -0.15) is 0 Å². The fraction of sp³-hybridized carbons (Fsp3) is 0.586. The molecular weight excluding hydrogens is 856 g/mol. The molecule has 0 radical (unpaired) electrons. The number of carbonyl (C=O) groups is 1. The Morgan fingerprint density at radius 1 is 0.868 bits per heavy atom. The van der Waals surface area contributed by atoms with Crippen molar-refractivity contribution in [1.82, 2.24) is 4.90 Å². The van der Waals surface area contributed by atoms with Crippen molar-refractivity contribution in [3.05, 3.63) is 113 Å². The number of oxime groups is 1. The Bertz CT molecular complexity index is 2150. The monoisotopic (exact) mass is 937 g/mol. The number of benzene rings is 3. The van der Waals surface area contributed by atoms with Gasteiger partial charge in [-0.15, -0.1) is 6.58 Å². The summed E-state index contributed by atoms with van der Waals surface area (Å²) in [7, 11) is 0. The molecule has 0 spiro atoms. The zero-order chi connectivity index (χ0) is 48.7. The van der Waals surface area contributed by atoms with Gasteiger partial charge >= 0.3 is 0 Å². The number of amides is 1. The van der Waals surface area contributed by atoms with Gasteiger partial charge in [0.1, 0.15) is 34.7 Å². The summed E-state index contributed by atoms with van der Waals surface area (Å²) < 4.78 is 35.9. The van der Waals surface area contributed by atoms with Crippen LogP contribution >= 0.6 is 0 Å². The maximum atomic E-state index is 15.2. The second kappa shape index (κ2) is 25.4. The Morgan fingerprint density at radius 2 is 1.53 bits per heavy atom. The van der Waals surface area contributed by atoms with Gasteiger partial charge in [-0.1, -0.05) is 107 Å². The number of fused-ring (bicyclic) bond motifs is 2. The Morgan fingerprint density at radius 3 is 2.19 bits per heavy atom. The molecule has 68 heavy (non-hydrogen) atoms. The topological polar surface area (TPSA) is 110 Å². The highest BCUT2D eigenvalue weighted by atomic mass is 19.1. The first-order chi connectivity index (χ1) is 32.8. The minimum atomic E-state index is -1.41. The molecule has 1 fully saturated rings. The van der Waals surface area contributed by atoms with Crippen LogP contribution in [0, 0.1) is 37.4 Å². The van der Waals surface area contributed by atoms with Gasteiger partial charge in [0, 0.05) is 44.1 Å². The number of aliphatic hydroxyl groups excluding tert-OH is 2. The van der Waals surface area contributed by atoms with Gasteiger partial charge in [0.25, 0.3) is 0 Å². The van der Waals surface area contributed by atoms with E-state index in [0.29, 0.717) is 30.8 Å². The van der Waals surface area contributed by atoms with Crippen LogP contribution in [0.2, 0.25) is 0 Å². The molecule has 1 amide bonds. The lowest BCUT2D eigenvalue weighted by Crippen LogP contribution is -2.70. The molecule has 9 nitrogen and oxygen atoms in total. The van der Waals surface area contributed by atoms with E-state index in [0.717, 1.165) is 85.1 Å². The highest BCUT2D eigenvalue weighted by molar-refractivity contribution is 6.03. The molecule has 6 rings (SSSR count). The molecule has 3 aliphatic rings. The van der Waals surface area contributed by atoms with Gasteiger partial charge in [-0.25, -0.2) is 4.39 Å². The SMILES string of the molecule is C=CCOC12Oc3ccc(Oc4ccc(C)c(C)c4)cc3C3C(CCCCO)C(CCCCO)C=C(C(=NOC(C)(C)C)CC1N(Cc1ccc(F)cc1)C(=O)CCCCCCCCCCC)C32. The third-order valence-electron chi connectivity index (χ3n) is 14.2. The first-order valence-electron chi connectivity index (χ1n) is 25.9. The Kier molecular flexibility index (Phi) is 19.7. The first kappa shape index (κ1) is 52.9. The van der Waals surface area contributed by atoms with Crippen LogP contribution in [0.4, 0.5) is 4.39 Å². The van der Waals surface area contributed by atoms with Gasteiger partial charge in [-0.3, -0.25) is 4.79 Å². The van der Waals surface area contributed by atoms with E-state index >= 15 is 4.79 Å². The lowest BCUT2D eigenvalue weighted by Gasteiger charge is -2.60. The minimum absolute atomic E-state index is 0.0207. The molecule has 0 bridgehead atoms. The number of hydrogen-bond donors (Lipinski definition) is 2. The predicted molar refractivity (Wildman–Crippen MR) is 271 cm³/mol. The van der Waals surface area contributed by atoms with Crippen LogP contribution < -0.4 is 9.47 Å². The molecule has 6 unspecified atom stereocenters. The highest BCUT2D eigenvalue weighted by Gasteiger charge is 2.65. The number of hydrogen-bond acceptors (Lipinski definition) is 8. The molecule has 3 aromatic carbocycles. The van der Waals surface area contributed by atoms with Crippen molar-refractivity contribution in [3.63, 3.8) is 0 Å². The van der Waals surface area contributed by atoms with E-state index in [9.17, 15) is 14.6 Å². The molecule has 10 heteroatoms. The molecule has 3 aromatic rings. The number of ether oxygens (including phenoxy) is 3. The third-order valence-corrected chi connectivity index (χ3v) is 14.2. The molecule has 372 valence electrons. The summed E-state index contributed by atoms with van der Waals surface area (Å²) >= 11 is 0. The first-order valence-corrected chi connectivity index (χ1v) is 25.9. The largest absolute Gasteiger partial charge is 0.459 e. The third kappa shape index (κ3) is 13.6. The Labute approximate surface area is 407 Å². The number of unbranched alkanes of at least 4 members (excludes halogenated alkanes) is 10. The number of halogens is 1. The number of nitrogens with zero attached hydrogens (tertiary/aromatic N) is 2. The quantitative estimate of drug-likeness (QED) is 0.0445. The predicted octanol–water partition coefficient (Wildman–Crippen LogP) is 13.6. The molecule has 1 saturated carbocycles. The molecule has 0 saturated heterocycles. The van der Waals surface area contributed by atoms with Crippen LogP contribution in [0.15, 0.2) is 90.1 Å². The van der Waals surface area contributed by atoms with Crippen LogP contribution in [0.3, 0.4) is 0 Å². The number of rotatable bonds is 27. The van der Waals surface area contributed by atoms with Gasteiger partial charge < -0.3 is 34.2 Å². The summed E-state index contributed by atoms with van der Waals surface area (Å²) in [4.78, 5) is 23.5. The van der Waals surface area contributed by atoms with Crippen molar-refractivity contribution in [2.75, 3.05) is 19.8 Å². The molecule has 1 aliphatic heterocycles. The van der Waals surface area contributed by atoms with Gasteiger partial charge in [-0.05, 0) is 143 Å². The summed E-state index contributed by atoms with van der Waals surface area (Å²) in [6, 6.07) is 17.9. The van der Waals surface area contributed by atoms with E-state index in [1.54, 1.807) is 18.2 Å². The van der Waals surface area contributed by atoms with Gasteiger partial charge in [0.05, 0.1) is 18.2 Å². The maximum absolute atomic E-state index is 15.2. The van der Waals surface area contributed by atoms with Crippen molar-refractivity contribution in [2.45, 2.75) is 181 Å². The summed E-state index contributed by atoms with van der Waals surface area (Å²) in [5.41, 5.74) is 5.23. The fourth-order valence-corrected chi connectivity index (χ4v) is 10.7. The van der Waals surface area contributed by atoms with Crippen molar-refractivity contribution in [3.8, 4) is 17.2 Å². The van der Waals surface area contributed by atoms with E-state index in [1.807, 2.05) is 43.9 Å². The van der Waals surface area contributed by atoms with Crippen LogP contribution in [0.5, 0.6) is 17.2 Å².